The summed E-state index contributed by atoms with van der Waals surface area (Å²) < 4.78 is 0. The minimum absolute atomic E-state index is 0.000486. The van der Waals surface area contributed by atoms with E-state index in [0.29, 0.717) is 23.7 Å². The van der Waals surface area contributed by atoms with Crippen molar-refractivity contribution in [3.63, 3.8) is 0 Å². The van der Waals surface area contributed by atoms with Crippen LogP contribution < -0.4 is 0 Å². The van der Waals surface area contributed by atoms with Crippen LogP contribution in [-0.4, -0.2) is 59.5 Å². The highest BCUT2D eigenvalue weighted by molar-refractivity contribution is 5.95. The normalized spacial score (nSPS) is 19.9. The molecule has 2 rings (SSSR count). The molecule has 5 nitrogen and oxygen atoms in total. The van der Waals surface area contributed by atoms with Crippen molar-refractivity contribution >= 4 is 18.0 Å². The fourth-order valence-corrected chi connectivity index (χ4v) is 2.36. The number of hydrogen-bond acceptors (Lipinski definition) is 3. The third-order valence-electron chi connectivity index (χ3n) is 3.80. The third kappa shape index (κ3) is 3.92. The minimum atomic E-state index is -1.00. The Bertz CT molecular complexity index is 568. The van der Waals surface area contributed by atoms with Crippen molar-refractivity contribution in [2.24, 2.45) is 0 Å². The van der Waals surface area contributed by atoms with Gasteiger partial charge in [-0.2, -0.15) is 0 Å². The van der Waals surface area contributed by atoms with Crippen molar-refractivity contribution in [3.05, 3.63) is 41.5 Å². The Morgan fingerprint density at radius 3 is 2.76 bits per heavy atom. The first kappa shape index (κ1) is 15.3. The fourth-order valence-electron chi connectivity index (χ4n) is 2.36. The number of likely N-dealkylation sites (N-methyl/N-ethyl adjacent to an activating group) is 1. The van der Waals surface area contributed by atoms with Gasteiger partial charge in [0.2, 0.25) is 0 Å². The van der Waals surface area contributed by atoms with Gasteiger partial charge in [0, 0.05) is 37.3 Å². The van der Waals surface area contributed by atoms with Gasteiger partial charge in [0.25, 0.3) is 5.91 Å². The number of carbonyl (C=O) groups is 2. The molecule has 0 spiro atoms. The summed E-state index contributed by atoms with van der Waals surface area (Å²) in [5, 5.41) is 8.64. The molecule has 0 bridgehead atoms. The molecule has 1 atom stereocenters. The minimum Gasteiger partial charge on any atom is -0.478 e. The molecule has 1 unspecified atom stereocenters. The summed E-state index contributed by atoms with van der Waals surface area (Å²) in [5.41, 5.74) is 1.31. The van der Waals surface area contributed by atoms with Gasteiger partial charge in [-0.1, -0.05) is 12.1 Å². The number of carboxylic acids is 1. The van der Waals surface area contributed by atoms with E-state index in [1.165, 1.54) is 6.08 Å². The molecule has 0 radical (unpaired) electrons. The van der Waals surface area contributed by atoms with E-state index in [0.717, 1.165) is 19.2 Å². The first-order valence-electron chi connectivity index (χ1n) is 6.98. The van der Waals surface area contributed by atoms with Crippen LogP contribution in [0.25, 0.3) is 6.08 Å². The van der Waals surface area contributed by atoms with Crippen LogP contribution in [0, 0.1) is 0 Å². The first-order chi connectivity index (χ1) is 9.97. The van der Waals surface area contributed by atoms with Gasteiger partial charge >= 0.3 is 5.97 Å². The summed E-state index contributed by atoms with van der Waals surface area (Å²) in [4.78, 5) is 27.1. The smallest absolute Gasteiger partial charge is 0.328 e. The summed E-state index contributed by atoms with van der Waals surface area (Å²) >= 11 is 0. The Balaban J connectivity index is 2.12. The molecular formula is C16H20N2O3. The second-order valence-electron chi connectivity index (χ2n) is 5.38. The van der Waals surface area contributed by atoms with Crippen LogP contribution >= 0.6 is 0 Å². The number of aliphatic carboxylic acids is 1. The number of carboxylic acid groups (broad SMARTS) is 1. The number of benzene rings is 1. The third-order valence-corrected chi connectivity index (χ3v) is 3.80. The van der Waals surface area contributed by atoms with Crippen molar-refractivity contribution in [1.29, 1.82) is 0 Å². The van der Waals surface area contributed by atoms with E-state index in [4.69, 9.17) is 5.11 Å². The lowest BCUT2D eigenvalue weighted by atomic mass is 10.1. The molecule has 1 aliphatic heterocycles. The largest absolute Gasteiger partial charge is 0.478 e. The SMILES string of the molecule is CC1CN(C(=O)c2cccc(C=CC(=O)O)c2)CCN1C. The van der Waals surface area contributed by atoms with E-state index < -0.39 is 5.97 Å². The maximum absolute atomic E-state index is 12.5. The lowest BCUT2D eigenvalue weighted by Gasteiger charge is -2.37. The molecule has 21 heavy (non-hydrogen) atoms. The van der Waals surface area contributed by atoms with Gasteiger partial charge < -0.3 is 14.9 Å². The Morgan fingerprint density at radius 1 is 1.33 bits per heavy atom. The molecule has 1 saturated heterocycles. The molecule has 1 aromatic rings. The van der Waals surface area contributed by atoms with E-state index >= 15 is 0 Å². The Hall–Kier alpha value is -2.14. The molecule has 1 aliphatic rings. The van der Waals surface area contributed by atoms with Crippen LogP contribution in [0.5, 0.6) is 0 Å². The second kappa shape index (κ2) is 6.54. The summed E-state index contributed by atoms with van der Waals surface area (Å²) in [6.45, 7) is 4.40. The molecule has 1 heterocycles. The van der Waals surface area contributed by atoms with Crippen molar-refractivity contribution < 1.29 is 14.7 Å². The zero-order chi connectivity index (χ0) is 15.4. The molecule has 1 amide bonds. The summed E-state index contributed by atoms with van der Waals surface area (Å²) in [6.07, 6.45) is 2.56. The molecule has 112 valence electrons. The molecule has 1 N–H and O–H groups in total. The lowest BCUT2D eigenvalue weighted by molar-refractivity contribution is -0.131. The van der Waals surface area contributed by atoms with Crippen LogP contribution in [0.15, 0.2) is 30.3 Å². The molecule has 0 saturated carbocycles. The lowest BCUT2D eigenvalue weighted by Crippen LogP contribution is -2.52. The molecule has 1 aromatic carbocycles. The second-order valence-corrected chi connectivity index (χ2v) is 5.38. The predicted molar refractivity (Wildman–Crippen MR) is 81.1 cm³/mol. The van der Waals surface area contributed by atoms with Gasteiger partial charge in [0.05, 0.1) is 0 Å². The van der Waals surface area contributed by atoms with E-state index in [2.05, 4.69) is 18.9 Å². The van der Waals surface area contributed by atoms with E-state index in [9.17, 15) is 9.59 Å². The number of piperazine rings is 1. The van der Waals surface area contributed by atoms with Gasteiger partial charge in [0.15, 0.2) is 0 Å². The van der Waals surface area contributed by atoms with Crippen LogP contribution in [-0.2, 0) is 4.79 Å². The Kier molecular flexibility index (Phi) is 4.75. The van der Waals surface area contributed by atoms with Crippen LogP contribution in [0.3, 0.4) is 0 Å². The average Bonchev–Trinajstić information content (AvgIpc) is 2.47. The van der Waals surface area contributed by atoms with E-state index in [-0.39, 0.29) is 5.91 Å². The van der Waals surface area contributed by atoms with Crippen LogP contribution in [0.2, 0.25) is 0 Å². The number of carbonyl (C=O) groups excluding carboxylic acids is 1. The van der Waals surface area contributed by atoms with Gasteiger partial charge in [-0.15, -0.1) is 0 Å². The predicted octanol–water partition coefficient (Wildman–Crippen LogP) is 1.56. The van der Waals surface area contributed by atoms with Gasteiger partial charge in [-0.05, 0) is 37.7 Å². The Labute approximate surface area is 124 Å². The van der Waals surface area contributed by atoms with E-state index in [1.807, 2.05) is 4.90 Å². The zero-order valence-corrected chi connectivity index (χ0v) is 12.3. The molecular weight excluding hydrogens is 268 g/mol. The van der Waals surface area contributed by atoms with Crippen molar-refractivity contribution in [2.75, 3.05) is 26.7 Å². The number of amides is 1. The standard InChI is InChI=1S/C16H20N2O3/c1-12-11-18(9-8-17(12)2)16(21)14-5-3-4-13(10-14)6-7-15(19)20/h3-7,10,12H,8-9,11H2,1-2H3,(H,19,20). The van der Waals surface area contributed by atoms with Gasteiger partial charge in [-0.25, -0.2) is 4.79 Å². The topological polar surface area (TPSA) is 60.9 Å². The summed E-state index contributed by atoms with van der Waals surface area (Å²) in [6, 6.07) is 7.39. The van der Waals surface area contributed by atoms with Crippen LogP contribution in [0.1, 0.15) is 22.8 Å². The first-order valence-corrected chi connectivity index (χ1v) is 6.98. The number of nitrogens with zero attached hydrogens (tertiary/aromatic N) is 2. The van der Waals surface area contributed by atoms with Crippen molar-refractivity contribution in [2.45, 2.75) is 13.0 Å². The number of hydrogen-bond donors (Lipinski definition) is 1. The average molecular weight is 288 g/mol. The molecule has 0 aromatic heterocycles. The quantitative estimate of drug-likeness (QED) is 0.858. The summed E-state index contributed by atoms with van der Waals surface area (Å²) in [5.74, 6) is -1.000. The summed E-state index contributed by atoms with van der Waals surface area (Å²) in [7, 11) is 2.06. The van der Waals surface area contributed by atoms with Crippen molar-refractivity contribution in [3.8, 4) is 0 Å². The monoisotopic (exact) mass is 288 g/mol. The Morgan fingerprint density at radius 2 is 2.10 bits per heavy atom. The van der Waals surface area contributed by atoms with E-state index in [1.54, 1.807) is 24.3 Å². The highest BCUT2D eigenvalue weighted by atomic mass is 16.4. The molecule has 1 fully saturated rings. The maximum atomic E-state index is 12.5. The zero-order valence-electron chi connectivity index (χ0n) is 12.3. The van der Waals surface area contributed by atoms with Crippen molar-refractivity contribution in [1.82, 2.24) is 9.80 Å². The van der Waals surface area contributed by atoms with Crippen LogP contribution in [0.4, 0.5) is 0 Å². The van der Waals surface area contributed by atoms with Gasteiger partial charge in [0.1, 0.15) is 0 Å². The molecule has 0 aliphatic carbocycles. The van der Waals surface area contributed by atoms with Gasteiger partial charge in [-0.3, -0.25) is 4.79 Å². The molecule has 5 heteroatoms. The fraction of sp³-hybridized carbons (Fsp3) is 0.375. The highest BCUT2D eigenvalue weighted by Gasteiger charge is 2.24. The highest BCUT2D eigenvalue weighted by Crippen LogP contribution is 2.14. The number of rotatable bonds is 3. The maximum Gasteiger partial charge on any atom is 0.328 e.